The molecule has 1 heterocycles. The molecule has 0 atom stereocenters. The second-order valence-electron chi connectivity index (χ2n) is 6.21. The molecular formula is C19H18ClN5O5S2. The van der Waals surface area contributed by atoms with Gasteiger partial charge in [-0.15, -0.1) is 10.2 Å². The van der Waals surface area contributed by atoms with Crippen molar-refractivity contribution in [2.75, 3.05) is 12.9 Å². The summed E-state index contributed by atoms with van der Waals surface area (Å²) in [5, 5.41) is 12.5. The van der Waals surface area contributed by atoms with E-state index < -0.39 is 10.1 Å². The molecule has 0 unspecified atom stereocenters. The molecule has 13 heteroatoms. The second kappa shape index (κ2) is 10.5. The highest BCUT2D eigenvalue weighted by atomic mass is 35.5. The maximum absolute atomic E-state index is 12.5. The molecule has 0 spiro atoms. The van der Waals surface area contributed by atoms with E-state index in [-0.39, 0.29) is 28.1 Å². The van der Waals surface area contributed by atoms with Gasteiger partial charge in [0.15, 0.2) is 16.7 Å². The van der Waals surface area contributed by atoms with Gasteiger partial charge in [0.05, 0.1) is 19.1 Å². The van der Waals surface area contributed by atoms with Gasteiger partial charge in [-0.1, -0.05) is 23.4 Å². The monoisotopic (exact) mass is 495 g/mol. The fourth-order valence-corrected chi connectivity index (χ4v) is 4.09. The molecule has 0 fully saturated rings. The van der Waals surface area contributed by atoms with E-state index in [1.165, 1.54) is 61.5 Å². The predicted octanol–water partition coefficient (Wildman–Crippen LogP) is 2.49. The Bertz CT molecular complexity index is 1230. The second-order valence-corrected chi connectivity index (χ2v) is 9.13. The lowest BCUT2D eigenvalue weighted by atomic mass is 10.2. The minimum atomic E-state index is -4.07. The molecule has 0 radical (unpaired) electrons. The maximum Gasteiger partial charge on any atom is 0.339 e. The minimum absolute atomic E-state index is 0.00344. The Morgan fingerprint density at radius 1 is 1.25 bits per heavy atom. The van der Waals surface area contributed by atoms with Gasteiger partial charge in [-0.25, -0.2) is 5.43 Å². The first-order chi connectivity index (χ1) is 15.3. The first kappa shape index (κ1) is 23.6. The summed E-state index contributed by atoms with van der Waals surface area (Å²) < 4.78 is 37.1. The molecule has 0 saturated carbocycles. The predicted molar refractivity (Wildman–Crippen MR) is 120 cm³/mol. The number of hydrazone groups is 1. The lowest BCUT2D eigenvalue weighted by molar-refractivity contribution is -0.118. The summed E-state index contributed by atoms with van der Waals surface area (Å²) in [4.78, 5) is 11.9. The largest absolute Gasteiger partial charge is 0.493 e. The smallest absolute Gasteiger partial charge is 0.339 e. The zero-order valence-electron chi connectivity index (χ0n) is 16.9. The van der Waals surface area contributed by atoms with Crippen LogP contribution < -0.4 is 14.3 Å². The average Bonchev–Trinajstić information content (AvgIpc) is 3.18. The molecule has 3 rings (SSSR count). The van der Waals surface area contributed by atoms with Crippen LogP contribution in [-0.2, 0) is 22.0 Å². The van der Waals surface area contributed by atoms with Crippen molar-refractivity contribution in [1.29, 1.82) is 0 Å². The number of ether oxygens (including phenoxy) is 1. The van der Waals surface area contributed by atoms with Crippen LogP contribution in [-0.4, -0.2) is 48.2 Å². The summed E-state index contributed by atoms with van der Waals surface area (Å²) in [5.74, 6) is -0.0303. The number of thioether (sulfide) groups is 1. The summed E-state index contributed by atoms with van der Waals surface area (Å²) in [5.41, 5.74) is 2.96. The van der Waals surface area contributed by atoms with Crippen LogP contribution in [0.15, 0.2) is 63.9 Å². The number of carbonyl (C=O) groups is 1. The third kappa shape index (κ3) is 6.22. The number of aromatic nitrogens is 3. The third-order valence-electron chi connectivity index (χ3n) is 3.89. The van der Waals surface area contributed by atoms with E-state index in [2.05, 4.69) is 20.7 Å². The molecule has 1 amide bonds. The zero-order chi connectivity index (χ0) is 23.1. The number of nitrogens with one attached hydrogen (secondary N) is 1. The first-order valence-corrected chi connectivity index (χ1v) is 11.7. The van der Waals surface area contributed by atoms with Crippen molar-refractivity contribution in [2.24, 2.45) is 12.1 Å². The van der Waals surface area contributed by atoms with E-state index in [0.29, 0.717) is 15.7 Å². The molecule has 2 aromatic carbocycles. The lowest BCUT2D eigenvalue weighted by Crippen LogP contribution is -2.19. The van der Waals surface area contributed by atoms with Crippen LogP contribution >= 0.6 is 23.4 Å². The van der Waals surface area contributed by atoms with E-state index in [1.54, 1.807) is 24.0 Å². The van der Waals surface area contributed by atoms with Gasteiger partial charge < -0.3 is 13.5 Å². The van der Waals surface area contributed by atoms with E-state index >= 15 is 0 Å². The third-order valence-corrected chi connectivity index (χ3v) is 6.43. The van der Waals surface area contributed by atoms with Crippen LogP contribution in [0.5, 0.6) is 11.5 Å². The average molecular weight is 496 g/mol. The van der Waals surface area contributed by atoms with Gasteiger partial charge in [-0.3, -0.25) is 4.79 Å². The van der Waals surface area contributed by atoms with E-state index in [0.717, 1.165) is 0 Å². The Kier molecular flexibility index (Phi) is 7.72. The van der Waals surface area contributed by atoms with Crippen molar-refractivity contribution in [3.05, 3.63) is 59.4 Å². The number of amides is 1. The van der Waals surface area contributed by atoms with Crippen LogP contribution in [0.1, 0.15) is 5.56 Å². The normalized spacial score (nSPS) is 11.5. The number of rotatable bonds is 9. The van der Waals surface area contributed by atoms with Gasteiger partial charge in [0.1, 0.15) is 11.2 Å². The number of hydrogen-bond acceptors (Lipinski definition) is 9. The van der Waals surface area contributed by atoms with Crippen LogP contribution in [0.25, 0.3) is 0 Å². The summed E-state index contributed by atoms with van der Waals surface area (Å²) in [6.07, 6.45) is 2.94. The number of carbonyl (C=O) groups excluding carboxylic acids is 1. The number of nitrogens with zero attached hydrogens (tertiary/aromatic N) is 4. The Morgan fingerprint density at radius 3 is 2.66 bits per heavy atom. The van der Waals surface area contributed by atoms with E-state index in [4.69, 9.17) is 20.5 Å². The highest BCUT2D eigenvalue weighted by Gasteiger charge is 2.19. The van der Waals surface area contributed by atoms with Crippen molar-refractivity contribution in [1.82, 2.24) is 20.2 Å². The quantitative estimate of drug-likeness (QED) is 0.208. The molecule has 0 aliphatic heterocycles. The fourth-order valence-electron chi connectivity index (χ4n) is 2.35. The van der Waals surface area contributed by atoms with Crippen LogP contribution in [0, 0.1) is 0 Å². The molecule has 1 N–H and O–H groups in total. The zero-order valence-corrected chi connectivity index (χ0v) is 19.3. The summed E-state index contributed by atoms with van der Waals surface area (Å²) in [6, 6.07) is 10.1. The standard InChI is InChI=1S/C19H18ClN5O5S2/c1-25-12-22-24-19(25)31-11-18(26)23-21-10-13-3-8-16(17(9-13)29-2)30-32(27,28)15-6-4-14(20)5-7-15/h3-10,12H,11H2,1-2H3,(H,23,26)/b21-10-. The Hall–Kier alpha value is -3.09. The first-order valence-electron chi connectivity index (χ1n) is 8.95. The highest BCUT2D eigenvalue weighted by molar-refractivity contribution is 7.99. The summed E-state index contributed by atoms with van der Waals surface area (Å²) in [7, 11) is -0.919. The Morgan fingerprint density at radius 2 is 2.00 bits per heavy atom. The Balaban J connectivity index is 1.62. The SMILES string of the molecule is COc1cc(/C=N\NC(=O)CSc2nncn2C)ccc1OS(=O)(=O)c1ccc(Cl)cc1. The van der Waals surface area contributed by atoms with E-state index in [1.807, 2.05) is 0 Å². The van der Waals surface area contributed by atoms with Gasteiger partial charge in [0.25, 0.3) is 5.91 Å². The molecule has 32 heavy (non-hydrogen) atoms. The molecule has 1 aromatic heterocycles. The number of halogens is 1. The van der Waals surface area contributed by atoms with Crippen molar-refractivity contribution >= 4 is 45.6 Å². The minimum Gasteiger partial charge on any atom is -0.493 e. The van der Waals surface area contributed by atoms with E-state index in [9.17, 15) is 13.2 Å². The molecule has 0 aliphatic rings. The van der Waals surface area contributed by atoms with Crippen molar-refractivity contribution in [3.8, 4) is 11.5 Å². The molecule has 0 aliphatic carbocycles. The van der Waals surface area contributed by atoms with Crippen molar-refractivity contribution in [2.45, 2.75) is 10.1 Å². The molecule has 168 valence electrons. The maximum atomic E-state index is 12.5. The Labute approximate surface area is 193 Å². The van der Waals surface area contributed by atoms with Gasteiger partial charge in [-0.2, -0.15) is 13.5 Å². The molecule has 10 nitrogen and oxygen atoms in total. The number of hydrogen-bond donors (Lipinski definition) is 1. The molecule has 0 saturated heterocycles. The van der Waals surface area contributed by atoms with Crippen molar-refractivity contribution in [3.63, 3.8) is 0 Å². The van der Waals surface area contributed by atoms with Crippen LogP contribution in [0.2, 0.25) is 5.02 Å². The molecular weight excluding hydrogens is 478 g/mol. The van der Waals surface area contributed by atoms with Crippen molar-refractivity contribution < 1.29 is 22.1 Å². The summed E-state index contributed by atoms with van der Waals surface area (Å²) in [6.45, 7) is 0. The fraction of sp³-hybridized carbons (Fsp3) is 0.158. The van der Waals surface area contributed by atoms with Gasteiger partial charge in [-0.05, 0) is 48.0 Å². The molecule has 0 bridgehead atoms. The molecule has 3 aromatic rings. The van der Waals surface area contributed by atoms with Gasteiger partial charge in [0, 0.05) is 12.1 Å². The number of methoxy groups -OCH3 is 1. The van der Waals surface area contributed by atoms with Crippen LogP contribution in [0.4, 0.5) is 0 Å². The lowest BCUT2D eigenvalue weighted by Gasteiger charge is -2.11. The number of aryl methyl sites for hydroxylation is 1. The van der Waals surface area contributed by atoms with Gasteiger partial charge >= 0.3 is 10.1 Å². The van der Waals surface area contributed by atoms with Crippen LogP contribution in [0.3, 0.4) is 0 Å². The van der Waals surface area contributed by atoms with Gasteiger partial charge in [0.2, 0.25) is 0 Å². The summed E-state index contributed by atoms with van der Waals surface area (Å²) >= 11 is 7.02. The topological polar surface area (TPSA) is 125 Å². The highest BCUT2D eigenvalue weighted by Crippen LogP contribution is 2.30. The number of benzene rings is 2.